The van der Waals surface area contributed by atoms with Gasteiger partial charge in [0.2, 0.25) is 0 Å². The maximum Gasteiger partial charge on any atom is 0.274 e. The van der Waals surface area contributed by atoms with Crippen LogP contribution in [-0.4, -0.2) is 21.7 Å². The maximum atomic E-state index is 12.6. The van der Waals surface area contributed by atoms with Crippen molar-refractivity contribution in [2.45, 2.75) is 27.7 Å². The first-order valence-electron chi connectivity index (χ1n) is 8.95. The van der Waals surface area contributed by atoms with E-state index >= 15 is 0 Å². The van der Waals surface area contributed by atoms with Gasteiger partial charge >= 0.3 is 0 Å². The molecule has 0 fully saturated rings. The topological polar surface area (TPSA) is 84.0 Å². The first-order chi connectivity index (χ1) is 13.3. The summed E-state index contributed by atoms with van der Waals surface area (Å²) in [4.78, 5) is 32.6. The van der Waals surface area contributed by atoms with Crippen molar-refractivity contribution in [2.75, 3.05) is 10.6 Å². The van der Waals surface area contributed by atoms with Gasteiger partial charge in [-0.3, -0.25) is 9.59 Å². The molecule has 28 heavy (non-hydrogen) atoms. The second kappa shape index (κ2) is 8.00. The Balaban J connectivity index is 1.82. The molecule has 3 rings (SSSR count). The molecule has 0 saturated heterocycles. The third-order valence-electron chi connectivity index (χ3n) is 4.35. The van der Waals surface area contributed by atoms with Crippen LogP contribution < -0.4 is 10.6 Å². The van der Waals surface area contributed by atoms with E-state index in [0.717, 1.165) is 16.8 Å². The van der Waals surface area contributed by atoms with Gasteiger partial charge < -0.3 is 10.6 Å². The van der Waals surface area contributed by atoms with Crippen LogP contribution in [-0.2, 0) is 0 Å². The molecule has 0 atom stereocenters. The first-order valence-corrected chi connectivity index (χ1v) is 8.95. The minimum Gasteiger partial charge on any atom is -0.340 e. The van der Waals surface area contributed by atoms with E-state index in [2.05, 4.69) is 20.6 Å². The normalized spacial score (nSPS) is 10.4. The first kappa shape index (κ1) is 19.2. The largest absolute Gasteiger partial charge is 0.340 e. The van der Waals surface area contributed by atoms with Crippen LogP contribution in [0.2, 0.25) is 0 Å². The molecule has 0 saturated carbocycles. The van der Waals surface area contributed by atoms with Crippen molar-refractivity contribution >= 4 is 28.9 Å². The zero-order valence-electron chi connectivity index (χ0n) is 16.3. The Bertz CT molecular complexity index is 1020. The van der Waals surface area contributed by atoms with Gasteiger partial charge in [-0.1, -0.05) is 18.2 Å². The number of benzene rings is 2. The smallest absolute Gasteiger partial charge is 0.274 e. The second-order valence-electron chi connectivity index (χ2n) is 6.67. The summed E-state index contributed by atoms with van der Waals surface area (Å²) in [5, 5.41) is 6.09. The van der Waals surface area contributed by atoms with E-state index in [-0.39, 0.29) is 17.4 Å². The molecular formula is C22H22N4O2. The Labute approximate surface area is 164 Å². The van der Waals surface area contributed by atoms with E-state index in [1.54, 1.807) is 37.3 Å². The summed E-state index contributed by atoms with van der Waals surface area (Å²) in [6, 6.07) is 14.4. The zero-order chi connectivity index (χ0) is 20.3. The van der Waals surface area contributed by atoms with Gasteiger partial charge in [0.15, 0.2) is 5.78 Å². The predicted octanol–water partition coefficient (Wildman–Crippen LogP) is 4.60. The molecular weight excluding hydrogens is 352 g/mol. The molecule has 0 unspecified atom stereocenters. The quantitative estimate of drug-likeness (QED) is 0.638. The van der Waals surface area contributed by atoms with Gasteiger partial charge in [0, 0.05) is 23.0 Å². The van der Waals surface area contributed by atoms with Crippen molar-refractivity contribution in [1.82, 2.24) is 9.97 Å². The molecule has 3 aromatic rings. The molecule has 2 N–H and O–H groups in total. The molecule has 0 spiro atoms. The monoisotopic (exact) mass is 374 g/mol. The van der Waals surface area contributed by atoms with Crippen LogP contribution in [0.15, 0.2) is 48.5 Å². The molecule has 1 amide bonds. The summed E-state index contributed by atoms with van der Waals surface area (Å²) in [5.41, 5.74) is 4.59. The Hall–Kier alpha value is -3.54. The van der Waals surface area contributed by atoms with E-state index in [9.17, 15) is 9.59 Å². The predicted molar refractivity (Wildman–Crippen MR) is 110 cm³/mol. The molecule has 6 heteroatoms. The summed E-state index contributed by atoms with van der Waals surface area (Å²) in [6.07, 6.45) is 0. The van der Waals surface area contributed by atoms with Crippen molar-refractivity contribution in [3.8, 4) is 0 Å². The summed E-state index contributed by atoms with van der Waals surface area (Å²) in [7, 11) is 0. The summed E-state index contributed by atoms with van der Waals surface area (Å²) < 4.78 is 0. The van der Waals surface area contributed by atoms with Crippen LogP contribution in [0.3, 0.4) is 0 Å². The molecule has 1 aromatic heterocycles. The van der Waals surface area contributed by atoms with Crippen LogP contribution in [0.1, 0.15) is 44.7 Å². The summed E-state index contributed by atoms with van der Waals surface area (Å²) in [6.45, 7) is 7.28. The number of rotatable bonds is 5. The number of Topliss-reactive ketones (excluding diaryl/α,β-unsaturated/α-hetero) is 1. The van der Waals surface area contributed by atoms with E-state index in [0.29, 0.717) is 22.9 Å². The number of aryl methyl sites for hydroxylation is 3. The van der Waals surface area contributed by atoms with Gasteiger partial charge in [-0.15, -0.1) is 0 Å². The summed E-state index contributed by atoms with van der Waals surface area (Å²) in [5.74, 6) is 0.687. The Morgan fingerprint density at radius 1 is 0.893 bits per heavy atom. The maximum absolute atomic E-state index is 12.6. The molecule has 6 nitrogen and oxygen atoms in total. The Kier molecular flexibility index (Phi) is 5.49. The Morgan fingerprint density at radius 3 is 2.14 bits per heavy atom. The fraction of sp³-hybridized carbons (Fsp3) is 0.182. The molecule has 142 valence electrons. The lowest BCUT2D eigenvalue weighted by molar-refractivity contribution is 0.101. The molecule has 0 bridgehead atoms. The summed E-state index contributed by atoms with van der Waals surface area (Å²) >= 11 is 0. The number of para-hydroxylation sites is 1. The number of aromatic nitrogens is 2. The minimum absolute atomic E-state index is 0.0217. The number of hydrogen-bond acceptors (Lipinski definition) is 5. The van der Waals surface area contributed by atoms with Gasteiger partial charge in [0.1, 0.15) is 17.3 Å². The number of nitrogens with zero attached hydrogens (tertiary/aromatic N) is 2. The lowest BCUT2D eigenvalue weighted by Crippen LogP contribution is -2.15. The van der Waals surface area contributed by atoms with E-state index in [4.69, 9.17) is 0 Å². The molecule has 1 heterocycles. The lowest BCUT2D eigenvalue weighted by Gasteiger charge is -2.13. The van der Waals surface area contributed by atoms with Gasteiger partial charge in [0.25, 0.3) is 5.91 Å². The average Bonchev–Trinajstić information content (AvgIpc) is 2.65. The van der Waals surface area contributed by atoms with Crippen molar-refractivity contribution in [1.29, 1.82) is 0 Å². The van der Waals surface area contributed by atoms with Crippen LogP contribution in [0, 0.1) is 20.8 Å². The third kappa shape index (κ3) is 4.40. The molecule has 0 radical (unpaired) electrons. The fourth-order valence-corrected chi connectivity index (χ4v) is 2.87. The van der Waals surface area contributed by atoms with Crippen LogP contribution >= 0.6 is 0 Å². The fourth-order valence-electron chi connectivity index (χ4n) is 2.87. The number of ketones is 1. The highest BCUT2D eigenvalue weighted by atomic mass is 16.2. The molecule has 0 aliphatic rings. The van der Waals surface area contributed by atoms with E-state index < -0.39 is 0 Å². The molecule has 0 aliphatic carbocycles. The van der Waals surface area contributed by atoms with Crippen molar-refractivity contribution in [2.24, 2.45) is 0 Å². The number of nitrogens with one attached hydrogen (secondary N) is 2. The zero-order valence-corrected chi connectivity index (χ0v) is 16.3. The van der Waals surface area contributed by atoms with Crippen molar-refractivity contribution in [3.05, 3.63) is 76.7 Å². The van der Waals surface area contributed by atoms with Gasteiger partial charge in [0.05, 0.1) is 0 Å². The molecule has 0 aliphatic heterocycles. The van der Waals surface area contributed by atoms with Crippen molar-refractivity contribution in [3.63, 3.8) is 0 Å². The lowest BCUT2D eigenvalue weighted by atomic mass is 10.1. The highest BCUT2D eigenvalue weighted by Crippen LogP contribution is 2.24. The highest BCUT2D eigenvalue weighted by Gasteiger charge is 2.12. The number of anilines is 3. The van der Waals surface area contributed by atoms with E-state index in [1.165, 1.54) is 6.92 Å². The third-order valence-corrected chi connectivity index (χ3v) is 4.35. The van der Waals surface area contributed by atoms with Crippen molar-refractivity contribution < 1.29 is 9.59 Å². The standard InChI is InChI=1S/C22H22N4O2/c1-13-6-5-7-14(2)21(13)26-20-12-19(23-16(4)24-20)22(28)25-18-10-8-17(9-11-18)15(3)27/h5-12H,1-4H3,(H,25,28)(H,23,24,26). The van der Waals surface area contributed by atoms with Gasteiger partial charge in [-0.2, -0.15) is 0 Å². The van der Waals surface area contributed by atoms with Crippen LogP contribution in [0.25, 0.3) is 0 Å². The molecule has 2 aromatic carbocycles. The number of hydrogen-bond donors (Lipinski definition) is 2. The number of carbonyl (C=O) groups is 2. The number of carbonyl (C=O) groups excluding carboxylic acids is 2. The minimum atomic E-state index is -0.342. The SMILES string of the molecule is CC(=O)c1ccc(NC(=O)c2cc(Nc3c(C)cccc3C)nc(C)n2)cc1. The number of amides is 1. The highest BCUT2D eigenvalue weighted by molar-refractivity contribution is 6.03. The van der Waals surface area contributed by atoms with Crippen LogP contribution in [0.4, 0.5) is 17.2 Å². The van der Waals surface area contributed by atoms with Gasteiger partial charge in [-0.25, -0.2) is 9.97 Å². The Morgan fingerprint density at radius 2 is 1.54 bits per heavy atom. The van der Waals surface area contributed by atoms with Gasteiger partial charge in [-0.05, 0) is 63.1 Å². The van der Waals surface area contributed by atoms with E-state index in [1.807, 2.05) is 32.0 Å². The second-order valence-corrected chi connectivity index (χ2v) is 6.67. The average molecular weight is 374 g/mol. The van der Waals surface area contributed by atoms with Crippen LogP contribution in [0.5, 0.6) is 0 Å².